The summed E-state index contributed by atoms with van der Waals surface area (Å²) in [5, 5.41) is 0. The first-order valence-electron chi connectivity index (χ1n) is 6.59. The number of ether oxygens (including phenoxy) is 1. The Morgan fingerprint density at radius 1 is 1.39 bits per heavy atom. The topological polar surface area (TPSA) is 73.3 Å². The third-order valence-electron chi connectivity index (χ3n) is 2.90. The van der Waals surface area contributed by atoms with Crippen LogP contribution >= 0.6 is 0 Å². The summed E-state index contributed by atoms with van der Waals surface area (Å²) in [6.07, 6.45) is -2.27. The van der Waals surface area contributed by atoms with Crippen molar-refractivity contribution in [2.45, 2.75) is 19.5 Å². The molecule has 0 aliphatic carbocycles. The molecule has 0 aliphatic rings. The average Bonchev–Trinajstić information content (AvgIpc) is 2.51. The molecule has 1 rings (SSSR count). The number of ketones is 2. The highest BCUT2D eigenvalue weighted by molar-refractivity contribution is 6.22. The first-order valence-corrected chi connectivity index (χ1v) is 6.59. The highest BCUT2D eigenvalue weighted by Crippen LogP contribution is 2.32. The predicted molar refractivity (Wildman–Crippen MR) is 73.5 cm³/mol. The number of hydrogen-bond acceptors (Lipinski definition) is 5. The first kappa shape index (κ1) is 18.5. The van der Waals surface area contributed by atoms with Gasteiger partial charge in [-0.05, 0) is 6.07 Å². The molecule has 0 fully saturated rings. The third-order valence-corrected chi connectivity index (χ3v) is 2.90. The van der Waals surface area contributed by atoms with Crippen molar-refractivity contribution in [3.05, 3.63) is 42.2 Å². The fraction of sp³-hybridized carbons (Fsp3) is 0.333. The summed E-state index contributed by atoms with van der Waals surface area (Å²) in [5.74, 6) is -5.28. The average molecular weight is 329 g/mol. The van der Waals surface area contributed by atoms with E-state index in [1.165, 1.54) is 13.0 Å². The zero-order chi connectivity index (χ0) is 17.6. The molecule has 0 radical (unpaired) electrons. The summed E-state index contributed by atoms with van der Waals surface area (Å²) >= 11 is 0. The van der Waals surface area contributed by atoms with Crippen LogP contribution in [-0.2, 0) is 20.5 Å². The second kappa shape index (κ2) is 7.66. The quantitative estimate of drug-likeness (QED) is 0.333. The smallest absolute Gasteiger partial charge is 0.417 e. The zero-order valence-electron chi connectivity index (χ0n) is 12.2. The van der Waals surface area contributed by atoms with Gasteiger partial charge in [0.15, 0.2) is 17.5 Å². The summed E-state index contributed by atoms with van der Waals surface area (Å²) in [5.41, 5.74) is -2.11. The molecule has 1 aromatic heterocycles. The van der Waals surface area contributed by atoms with Crippen molar-refractivity contribution in [2.75, 3.05) is 6.61 Å². The van der Waals surface area contributed by atoms with Gasteiger partial charge in [0, 0.05) is 24.4 Å². The van der Waals surface area contributed by atoms with E-state index in [0.29, 0.717) is 12.3 Å². The van der Waals surface area contributed by atoms with Crippen LogP contribution in [0.2, 0.25) is 0 Å². The van der Waals surface area contributed by atoms with E-state index in [1.54, 1.807) is 0 Å². The van der Waals surface area contributed by atoms with E-state index in [0.717, 1.165) is 6.20 Å². The first-order chi connectivity index (χ1) is 10.7. The molecule has 0 saturated heterocycles. The molecule has 1 aromatic rings. The molecular weight excluding hydrogens is 315 g/mol. The van der Waals surface area contributed by atoms with Crippen molar-refractivity contribution in [1.29, 1.82) is 0 Å². The lowest BCUT2D eigenvalue weighted by atomic mass is 9.91. The van der Waals surface area contributed by atoms with Gasteiger partial charge in [0.1, 0.15) is 6.61 Å². The molecule has 1 heterocycles. The van der Waals surface area contributed by atoms with Crippen LogP contribution in [0.3, 0.4) is 0 Å². The standard InChI is InChI=1S/C15H14F3NO4/c1-3-7-23-14(22)12(11(20)4-2)13(21)9-8-19-6-5-10(9)15(16,17)18/h3,5-6,8,12H,1,4,7H2,2H3. The van der Waals surface area contributed by atoms with Gasteiger partial charge in [-0.2, -0.15) is 13.2 Å². The Labute approximate surface area is 130 Å². The Bertz CT molecular complexity index is 625. The maximum absolute atomic E-state index is 13.0. The fourth-order valence-electron chi connectivity index (χ4n) is 1.81. The van der Waals surface area contributed by atoms with Crippen LogP contribution in [0.15, 0.2) is 31.1 Å². The summed E-state index contributed by atoms with van der Waals surface area (Å²) in [6, 6.07) is 0.607. The second-order valence-corrected chi connectivity index (χ2v) is 4.45. The minimum atomic E-state index is -4.82. The molecule has 0 bridgehead atoms. The molecule has 8 heteroatoms. The Morgan fingerprint density at radius 3 is 2.57 bits per heavy atom. The molecule has 5 nitrogen and oxygen atoms in total. The maximum Gasteiger partial charge on any atom is 0.417 e. The zero-order valence-corrected chi connectivity index (χ0v) is 12.2. The Hall–Kier alpha value is -2.51. The Kier molecular flexibility index (Phi) is 6.18. The van der Waals surface area contributed by atoms with Gasteiger partial charge in [-0.15, -0.1) is 0 Å². The van der Waals surface area contributed by atoms with Crippen molar-refractivity contribution in [3.63, 3.8) is 0 Å². The van der Waals surface area contributed by atoms with Crippen LogP contribution in [-0.4, -0.2) is 29.1 Å². The van der Waals surface area contributed by atoms with Crippen molar-refractivity contribution < 1.29 is 32.3 Å². The molecule has 0 saturated carbocycles. The van der Waals surface area contributed by atoms with Crippen LogP contribution in [0.5, 0.6) is 0 Å². The highest BCUT2D eigenvalue weighted by atomic mass is 19.4. The Balaban J connectivity index is 3.28. The van der Waals surface area contributed by atoms with Crippen LogP contribution in [0.25, 0.3) is 0 Å². The van der Waals surface area contributed by atoms with Gasteiger partial charge in [-0.25, -0.2) is 0 Å². The molecule has 0 aliphatic heterocycles. The van der Waals surface area contributed by atoms with E-state index in [2.05, 4.69) is 16.3 Å². The minimum absolute atomic E-state index is 0.207. The second-order valence-electron chi connectivity index (χ2n) is 4.45. The fourth-order valence-corrected chi connectivity index (χ4v) is 1.81. The number of rotatable bonds is 7. The number of carbonyl (C=O) groups excluding carboxylic acids is 3. The Morgan fingerprint density at radius 2 is 2.04 bits per heavy atom. The van der Waals surface area contributed by atoms with E-state index < -0.39 is 40.8 Å². The lowest BCUT2D eigenvalue weighted by Gasteiger charge is -2.16. The monoisotopic (exact) mass is 329 g/mol. The van der Waals surface area contributed by atoms with Gasteiger partial charge >= 0.3 is 12.1 Å². The lowest BCUT2D eigenvalue weighted by molar-refractivity contribution is -0.149. The largest absolute Gasteiger partial charge is 0.461 e. The molecule has 1 unspecified atom stereocenters. The molecule has 23 heavy (non-hydrogen) atoms. The molecule has 0 spiro atoms. The molecular formula is C15H14F3NO4. The molecule has 1 atom stereocenters. The summed E-state index contributed by atoms with van der Waals surface area (Å²) < 4.78 is 43.5. The van der Waals surface area contributed by atoms with Crippen LogP contribution in [0, 0.1) is 5.92 Å². The van der Waals surface area contributed by atoms with Crippen molar-refractivity contribution in [3.8, 4) is 0 Å². The van der Waals surface area contributed by atoms with Crippen molar-refractivity contribution in [1.82, 2.24) is 4.98 Å². The molecule has 0 amide bonds. The van der Waals surface area contributed by atoms with Gasteiger partial charge in [-0.3, -0.25) is 19.4 Å². The number of Topliss-reactive ketones (excluding diaryl/α,β-unsaturated/α-hetero) is 2. The van der Waals surface area contributed by atoms with Gasteiger partial charge < -0.3 is 4.74 Å². The highest BCUT2D eigenvalue weighted by Gasteiger charge is 2.41. The van der Waals surface area contributed by atoms with Crippen LogP contribution in [0.1, 0.15) is 29.3 Å². The number of carbonyl (C=O) groups is 3. The van der Waals surface area contributed by atoms with E-state index in [1.807, 2.05) is 0 Å². The van der Waals surface area contributed by atoms with E-state index in [-0.39, 0.29) is 13.0 Å². The number of nitrogens with zero attached hydrogens (tertiary/aromatic N) is 1. The normalized spacial score (nSPS) is 12.3. The number of halogens is 3. The molecule has 0 N–H and O–H groups in total. The van der Waals surface area contributed by atoms with Crippen LogP contribution in [0.4, 0.5) is 13.2 Å². The number of aromatic nitrogens is 1. The maximum atomic E-state index is 13.0. The van der Waals surface area contributed by atoms with Gasteiger partial charge in [0.05, 0.1) is 5.56 Å². The van der Waals surface area contributed by atoms with Gasteiger partial charge in [0.2, 0.25) is 0 Å². The van der Waals surface area contributed by atoms with Crippen molar-refractivity contribution >= 4 is 17.5 Å². The number of alkyl halides is 3. The minimum Gasteiger partial charge on any atom is -0.461 e. The third kappa shape index (κ3) is 4.48. The molecule has 0 aromatic carbocycles. The lowest BCUT2D eigenvalue weighted by Crippen LogP contribution is -2.34. The van der Waals surface area contributed by atoms with Gasteiger partial charge in [-0.1, -0.05) is 19.6 Å². The van der Waals surface area contributed by atoms with E-state index in [9.17, 15) is 27.6 Å². The van der Waals surface area contributed by atoms with E-state index in [4.69, 9.17) is 0 Å². The SMILES string of the molecule is C=CCOC(=O)C(C(=O)CC)C(=O)c1cnccc1C(F)(F)F. The summed E-state index contributed by atoms with van der Waals surface area (Å²) in [7, 11) is 0. The number of pyridine rings is 1. The van der Waals surface area contributed by atoms with Crippen molar-refractivity contribution in [2.24, 2.45) is 5.92 Å². The predicted octanol–water partition coefficient (Wildman–Crippen LogP) is 2.61. The number of hydrogen-bond donors (Lipinski definition) is 0. The molecule has 124 valence electrons. The van der Waals surface area contributed by atoms with Crippen LogP contribution < -0.4 is 0 Å². The summed E-state index contributed by atoms with van der Waals surface area (Å²) in [4.78, 5) is 39.5. The van der Waals surface area contributed by atoms with Gasteiger partial charge in [0.25, 0.3) is 0 Å². The van der Waals surface area contributed by atoms with E-state index >= 15 is 0 Å². The summed E-state index contributed by atoms with van der Waals surface area (Å²) in [6.45, 7) is 4.42. The number of esters is 1.